The second-order valence-corrected chi connectivity index (χ2v) is 6.02. The van der Waals surface area contributed by atoms with E-state index in [1.165, 1.54) is 0 Å². The molecule has 0 bridgehead atoms. The Kier molecular flexibility index (Phi) is 5.36. The predicted molar refractivity (Wildman–Crippen MR) is 101 cm³/mol. The molecule has 0 aliphatic heterocycles. The number of nitrogens with one attached hydrogen (secondary N) is 2. The quantitative estimate of drug-likeness (QED) is 0.706. The van der Waals surface area contributed by atoms with Crippen molar-refractivity contribution in [3.05, 3.63) is 60.3 Å². The molecule has 0 aliphatic rings. The predicted octanol–water partition coefficient (Wildman–Crippen LogP) is 4.27. The minimum Gasteiger partial charge on any atom is -0.409 e. The van der Waals surface area contributed by atoms with Gasteiger partial charge in [-0.2, -0.15) is 0 Å². The van der Waals surface area contributed by atoms with E-state index in [1.54, 1.807) is 0 Å². The molecule has 0 radical (unpaired) electrons. The number of amides is 1. The number of aromatic nitrogens is 1. The van der Waals surface area contributed by atoms with Crippen LogP contribution in [0.1, 0.15) is 12.5 Å². The van der Waals surface area contributed by atoms with E-state index in [2.05, 4.69) is 29.2 Å². The third-order valence-corrected chi connectivity index (χ3v) is 4.27. The summed E-state index contributed by atoms with van der Waals surface area (Å²) in [6.07, 6.45) is 2.40. The molecule has 3 aromatic rings. The number of likely N-dealkylation sites (N-methyl/N-ethyl adjacent to an activating group) is 1. The first-order valence-electron chi connectivity index (χ1n) is 8.48. The van der Waals surface area contributed by atoms with E-state index >= 15 is 0 Å². The van der Waals surface area contributed by atoms with Crippen molar-refractivity contribution in [1.29, 1.82) is 0 Å². The van der Waals surface area contributed by atoms with Crippen LogP contribution in [-0.4, -0.2) is 36.1 Å². The second kappa shape index (κ2) is 7.85. The SMILES string of the molecule is CCN(C)CCc1c[nH]c2cccc(OC(=O)Nc3ccccc3)c12. The highest BCUT2D eigenvalue weighted by Gasteiger charge is 2.13. The molecule has 0 unspecified atom stereocenters. The van der Waals surface area contributed by atoms with Gasteiger partial charge in [0.1, 0.15) is 5.75 Å². The van der Waals surface area contributed by atoms with Gasteiger partial charge in [-0.1, -0.05) is 31.2 Å². The standard InChI is InChI=1S/C20H23N3O2/c1-3-23(2)13-12-15-14-21-17-10-7-11-18(19(15)17)25-20(24)22-16-8-5-4-6-9-16/h4-11,14,21H,3,12-13H2,1-2H3,(H,22,24). The van der Waals surface area contributed by atoms with Gasteiger partial charge < -0.3 is 14.6 Å². The maximum absolute atomic E-state index is 12.2. The van der Waals surface area contributed by atoms with Crippen molar-refractivity contribution >= 4 is 22.7 Å². The normalized spacial score (nSPS) is 11.0. The molecule has 0 fully saturated rings. The molecule has 2 aromatic carbocycles. The molecule has 25 heavy (non-hydrogen) atoms. The van der Waals surface area contributed by atoms with Crippen LogP contribution in [-0.2, 0) is 6.42 Å². The largest absolute Gasteiger partial charge is 0.417 e. The number of nitrogens with zero attached hydrogens (tertiary/aromatic N) is 1. The number of carbonyl (C=O) groups excluding carboxylic acids is 1. The highest BCUT2D eigenvalue weighted by atomic mass is 16.6. The van der Waals surface area contributed by atoms with E-state index in [0.717, 1.165) is 36.0 Å². The molecule has 1 heterocycles. The smallest absolute Gasteiger partial charge is 0.409 e. The topological polar surface area (TPSA) is 57.4 Å². The van der Waals surface area contributed by atoms with Gasteiger partial charge in [0.15, 0.2) is 0 Å². The molecule has 1 aromatic heterocycles. The molecule has 2 N–H and O–H groups in total. The first kappa shape index (κ1) is 17.0. The van der Waals surface area contributed by atoms with Crippen molar-refractivity contribution < 1.29 is 9.53 Å². The molecule has 5 heteroatoms. The van der Waals surface area contributed by atoms with Crippen LogP contribution in [0.25, 0.3) is 10.9 Å². The third kappa shape index (κ3) is 4.19. The van der Waals surface area contributed by atoms with Crippen LogP contribution < -0.4 is 10.1 Å². The summed E-state index contributed by atoms with van der Waals surface area (Å²) in [5.74, 6) is 0.571. The van der Waals surface area contributed by atoms with E-state index < -0.39 is 6.09 Å². The number of aromatic amines is 1. The van der Waals surface area contributed by atoms with E-state index in [4.69, 9.17) is 4.74 Å². The Bertz CT molecular complexity index is 843. The number of fused-ring (bicyclic) bond motifs is 1. The van der Waals surface area contributed by atoms with Gasteiger partial charge >= 0.3 is 6.09 Å². The minimum absolute atomic E-state index is 0.489. The van der Waals surface area contributed by atoms with Crippen molar-refractivity contribution in [2.24, 2.45) is 0 Å². The number of rotatable bonds is 6. The summed E-state index contributed by atoms with van der Waals surface area (Å²) in [4.78, 5) is 17.7. The van der Waals surface area contributed by atoms with Crippen molar-refractivity contribution in [3.8, 4) is 5.75 Å². The lowest BCUT2D eigenvalue weighted by Crippen LogP contribution is -2.20. The van der Waals surface area contributed by atoms with Crippen molar-refractivity contribution in [2.45, 2.75) is 13.3 Å². The van der Waals surface area contributed by atoms with Gasteiger partial charge in [-0.15, -0.1) is 0 Å². The van der Waals surface area contributed by atoms with Crippen LogP contribution in [0.5, 0.6) is 5.75 Å². The molecule has 0 aliphatic carbocycles. The number of para-hydroxylation sites is 1. The minimum atomic E-state index is -0.489. The number of H-pyrrole nitrogens is 1. The van der Waals surface area contributed by atoms with Gasteiger partial charge in [0.2, 0.25) is 0 Å². The van der Waals surface area contributed by atoms with E-state index in [1.807, 2.05) is 54.7 Å². The lowest BCUT2D eigenvalue weighted by molar-refractivity contribution is 0.215. The number of benzene rings is 2. The van der Waals surface area contributed by atoms with Gasteiger partial charge in [0, 0.05) is 29.3 Å². The summed E-state index contributed by atoms with van der Waals surface area (Å²) in [6, 6.07) is 15.0. The van der Waals surface area contributed by atoms with Crippen LogP contribution in [0, 0.1) is 0 Å². The van der Waals surface area contributed by atoms with Gasteiger partial charge in [0.05, 0.1) is 0 Å². The highest BCUT2D eigenvalue weighted by molar-refractivity contribution is 5.93. The van der Waals surface area contributed by atoms with Crippen LogP contribution in [0.15, 0.2) is 54.7 Å². The molecule has 0 saturated carbocycles. The first-order chi connectivity index (χ1) is 12.2. The highest BCUT2D eigenvalue weighted by Crippen LogP contribution is 2.29. The van der Waals surface area contributed by atoms with Crippen LogP contribution >= 0.6 is 0 Å². The van der Waals surface area contributed by atoms with E-state index in [9.17, 15) is 4.79 Å². The van der Waals surface area contributed by atoms with E-state index in [-0.39, 0.29) is 0 Å². The molecule has 3 rings (SSSR count). The number of carbonyl (C=O) groups is 1. The molecule has 0 atom stereocenters. The zero-order valence-electron chi connectivity index (χ0n) is 14.6. The molecule has 5 nitrogen and oxygen atoms in total. The van der Waals surface area contributed by atoms with Crippen LogP contribution in [0.3, 0.4) is 0 Å². The Morgan fingerprint density at radius 2 is 1.96 bits per heavy atom. The van der Waals surface area contributed by atoms with Crippen molar-refractivity contribution in [2.75, 3.05) is 25.5 Å². The number of hydrogen-bond donors (Lipinski definition) is 2. The van der Waals surface area contributed by atoms with Gasteiger partial charge in [-0.3, -0.25) is 5.32 Å². The summed E-state index contributed by atoms with van der Waals surface area (Å²) in [6.45, 7) is 4.09. The number of hydrogen-bond acceptors (Lipinski definition) is 3. The summed E-state index contributed by atoms with van der Waals surface area (Å²) < 4.78 is 5.58. The Morgan fingerprint density at radius 3 is 2.72 bits per heavy atom. The van der Waals surface area contributed by atoms with E-state index in [0.29, 0.717) is 11.4 Å². The summed E-state index contributed by atoms with van der Waals surface area (Å²) in [5.41, 5.74) is 2.83. The fraction of sp³-hybridized carbons (Fsp3) is 0.250. The maximum atomic E-state index is 12.2. The number of anilines is 1. The Hall–Kier alpha value is -2.79. The molecular formula is C20H23N3O2. The average molecular weight is 337 g/mol. The molecule has 130 valence electrons. The van der Waals surface area contributed by atoms with Crippen LogP contribution in [0.2, 0.25) is 0 Å². The lowest BCUT2D eigenvalue weighted by atomic mass is 10.1. The summed E-state index contributed by atoms with van der Waals surface area (Å²) in [5, 5.41) is 3.71. The zero-order chi connectivity index (χ0) is 17.6. The van der Waals surface area contributed by atoms with Crippen molar-refractivity contribution in [3.63, 3.8) is 0 Å². The Morgan fingerprint density at radius 1 is 1.16 bits per heavy atom. The van der Waals surface area contributed by atoms with Gasteiger partial charge in [0.25, 0.3) is 0 Å². The van der Waals surface area contributed by atoms with Crippen molar-refractivity contribution in [1.82, 2.24) is 9.88 Å². The second-order valence-electron chi connectivity index (χ2n) is 6.02. The summed E-state index contributed by atoms with van der Waals surface area (Å²) in [7, 11) is 2.10. The van der Waals surface area contributed by atoms with Crippen LogP contribution in [0.4, 0.5) is 10.5 Å². The first-order valence-corrected chi connectivity index (χ1v) is 8.48. The Balaban J connectivity index is 1.78. The average Bonchev–Trinajstić information content (AvgIpc) is 3.04. The Labute approximate surface area is 147 Å². The molecule has 0 saturated heterocycles. The lowest BCUT2D eigenvalue weighted by Gasteiger charge is -2.13. The maximum Gasteiger partial charge on any atom is 0.417 e. The van der Waals surface area contributed by atoms with Gasteiger partial charge in [-0.05, 0) is 49.8 Å². The molecular weight excluding hydrogens is 314 g/mol. The monoisotopic (exact) mass is 337 g/mol. The van der Waals surface area contributed by atoms with Gasteiger partial charge in [-0.25, -0.2) is 4.79 Å². The fourth-order valence-corrected chi connectivity index (χ4v) is 2.74. The number of ether oxygens (including phenoxy) is 1. The molecule has 1 amide bonds. The third-order valence-electron chi connectivity index (χ3n) is 4.27. The summed E-state index contributed by atoms with van der Waals surface area (Å²) >= 11 is 0. The molecule has 0 spiro atoms. The zero-order valence-corrected chi connectivity index (χ0v) is 14.6. The fourth-order valence-electron chi connectivity index (χ4n) is 2.74.